The van der Waals surface area contributed by atoms with Gasteiger partial charge in [-0.25, -0.2) is 9.67 Å². The molecule has 2 aromatic heterocycles. The number of benzene rings is 1. The lowest BCUT2D eigenvalue weighted by Crippen LogP contribution is -2.40. The van der Waals surface area contributed by atoms with Crippen LogP contribution in [-0.2, 0) is 11.3 Å². The molecule has 0 spiro atoms. The van der Waals surface area contributed by atoms with Crippen LogP contribution >= 0.6 is 11.3 Å². The van der Waals surface area contributed by atoms with Crippen LogP contribution in [-0.4, -0.2) is 51.8 Å². The summed E-state index contributed by atoms with van der Waals surface area (Å²) in [5.41, 5.74) is 1.73. The molecule has 1 aliphatic rings. The van der Waals surface area contributed by atoms with Gasteiger partial charge in [0.15, 0.2) is 5.52 Å². The van der Waals surface area contributed by atoms with Crippen LogP contribution in [0.15, 0.2) is 35.1 Å². The minimum absolute atomic E-state index is 0.0895. The monoisotopic (exact) mass is 411 g/mol. The van der Waals surface area contributed by atoms with Gasteiger partial charge in [0.2, 0.25) is 5.91 Å². The lowest BCUT2D eigenvalue weighted by molar-refractivity contribution is -0.121. The first-order valence-electron chi connectivity index (χ1n) is 10.0. The minimum atomic E-state index is -0.324. The lowest BCUT2D eigenvalue weighted by Gasteiger charge is -2.26. The Bertz CT molecular complexity index is 1050. The molecule has 1 aliphatic heterocycles. The third-order valence-electron chi connectivity index (χ3n) is 5.18. The number of amides is 1. The number of hydrogen-bond acceptors (Lipinski definition) is 6. The van der Waals surface area contributed by atoms with Gasteiger partial charge in [-0.3, -0.25) is 9.59 Å². The molecule has 0 unspecified atom stereocenters. The average Bonchev–Trinajstić information content (AvgIpc) is 3.20. The summed E-state index contributed by atoms with van der Waals surface area (Å²) in [6.07, 6.45) is 3.75. The number of thiazole rings is 1. The molecule has 0 atom stereocenters. The van der Waals surface area contributed by atoms with Crippen molar-refractivity contribution in [1.29, 1.82) is 0 Å². The molecular formula is C21H25N5O2S. The first kappa shape index (κ1) is 19.7. The van der Waals surface area contributed by atoms with Crippen molar-refractivity contribution < 1.29 is 4.79 Å². The molecule has 152 valence electrons. The number of rotatable bonds is 6. The number of aryl methyl sites for hydroxylation is 1. The number of nitrogens with one attached hydrogen (secondary N) is 1. The summed E-state index contributed by atoms with van der Waals surface area (Å²) >= 11 is 1.46. The molecule has 29 heavy (non-hydrogen) atoms. The van der Waals surface area contributed by atoms with E-state index in [1.807, 2.05) is 37.3 Å². The van der Waals surface area contributed by atoms with Crippen molar-refractivity contribution in [2.24, 2.45) is 0 Å². The van der Waals surface area contributed by atoms with E-state index >= 15 is 0 Å². The van der Waals surface area contributed by atoms with E-state index < -0.39 is 0 Å². The van der Waals surface area contributed by atoms with Crippen molar-refractivity contribution in [2.75, 3.05) is 26.2 Å². The van der Waals surface area contributed by atoms with Crippen molar-refractivity contribution in [2.45, 2.75) is 32.7 Å². The summed E-state index contributed by atoms with van der Waals surface area (Å²) in [5.74, 6) is -0.200. The zero-order valence-electron chi connectivity index (χ0n) is 16.6. The van der Waals surface area contributed by atoms with Gasteiger partial charge in [-0.05, 0) is 32.9 Å². The van der Waals surface area contributed by atoms with E-state index in [9.17, 15) is 9.59 Å². The molecule has 0 bridgehead atoms. The highest BCUT2D eigenvalue weighted by molar-refractivity contribution is 7.21. The number of fused-ring (bicyclic) bond motifs is 1. The first-order valence-corrected chi connectivity index (χ1v) is 10.9. The van der Waals surface area contributed by atoms with Crippen molar-refractivity contribution in [3.63, 3.8) is 0 Å². The van der Waals surface area contributed by atoms with Gasteiger partial charge in [0.25, 0.3) is 5.56 Å². The second kappa shape index (κ2) is 8.84. The molecule has 3 aromatic rings. The Hall–Kier alpha value is -2.58. The fourth-order valence-electron chi connectivity index (χ4n) is 3.64. The molecule has 3 heterocycles. The minimum Gasteiger partial charge on any atom is -0.353 e. The Balaban J connectivity index is 1.46. The van der Waals surface area contributed by atoms with Gasteiger partial charge in [0.05, 0.1) is 10.4 Å². The van der Waals surface area contributed by atoms with E-state index in [1.165, 1.54) is 35.3 Å². The van der Waals surface area contributed by atoms with Gasteiger partial charge in [-0.15, -0.1) is 11.3 Å². The van der Waals surface area contributed by atoms with E-state index in [-0.39, 0.29) is 18.0 Å². The number of hydrogen-bond donors (Lipinski definition) is 1. The number of likely N-dealkylation sites (tertiary alicyclic amines) is 1. The SMILES string of the molecule is Cc1nn(CC(=O)NCCN2CCCCC2)c(=O)c2nc(-c3ccccc3)sc12. The van der Waals surface area contributed by atoms with E-state index in [0.29, 0.717) is 17.8 Å². The Labute approximate surface area is 173 Å². The number of aromatic nitrogens is 3. The van der Waals surface area contributed by atoms with Crippen LogP contribution in [0.4, 0.5) is 0 Å². The Kier molecular flexibility index (Phi) is 6.01. The zero-order chi connectivity index (χ0) is 20.2. The van der Waals surface area contributed by atoms with Gasteiger partial charge in [0.1, 0.15) is 11.6 Å². The van der Waals surface area contributed by atoms with Crippen LogP contribution in [0.3, 0.4) is 0 Å². The number of piperidine rings is 1. The molecule has 0 aliphatic carbocycles. The van der Waals surface area contributed by atoms with Gasteiger partial charge >= 0.3 is 0 Å². The molecule has 0 saturated carbocycles. The van der Waals surface area contributed by atoms with Gasteiger partial charge in [-0.1, -0.05) is 36.8 Å². The van der Waals surface area contributed by atoms with Crippen LogP contribution < -0.4 is 10.9 Å². The normalized spacial score (nSPS) is 14.9. The predicted octanol–water partition coefficient (Wildman–Crippen LogP) is 2.43. The summed E-state index contributed by atoms with van der Waals surface area (Å²) in [4.78, 5) is 32.1. The lowest BCUT2D eigenvalue weighted by atomic mass is 10.1. The van der Waals surface area contributed by atoms with Crippen molar-refractivity contribution in [3.05, 3.63) is 46.4 Å². The van der Waals surface area contributed by atoms with Gasteiger partial charge in [-0.2, -0.15) is 5.10 Å². The summed E-state index contributed by atoms with van der Waals surface area (Å²) in [6, 6.07) is 9.77. The number of carbonyl (C=O) groups is 1. The predicted molar refractivity (Wildman–Crippen MR) is 115 cm³/mol. The van der Waals surface area contributed by atoms with E-state index in [2.05, 4.69) is 20.3 Å². The smallest absolute Gasteiger partial charge is 0.294 e. The second-order valence-electron chi connectivity index (χ2n) is 7.36. The Morgan fingerprint density at radius 3 is 2.69 bits per heavy atom. The highest BCUT2D eigenvalue weighted by Crippen LogP contribution is 2.29. The quantitative estimate of drug-likeness (QED) is 0.674. The third-order valence-corrected chi connectivity index (χ3v) is 6.39. The molecule has 8 heteroatoms. The fraction of sp³-hybridized carbons (Fsp3) is 0.429. The summed E-state index contributed by atoms with van der Waals surface area (Å²) in [6.45, 7) is 5.39. The summed E-state index contributed by atoms with van der Waals surface area (Å²) < 4.78 is 2.00. The maximum Gasteiger partial charge on any atom is 0.294 e. The first-order chi connectivity index (χ1) is 14.1. The van der Waals surface area contributed by atoms with E-state index in [1.54, 1.807) is 0 Å². The highest BCUT2D eigenvalue weighted by atomic mass is 32.1. The number of nitrogens with zero attached hydrogens (tertiary/aromatic N) is 4. The van der Waals surface area contributed by atoms with Gasteiger partial charge in [0, 0.05) is 18.7 Å². The molecule has 1 saturated heterocycles. The van der Waals surface area contributed by atoms with Crippen molar-refractivity contribution in [3.8, 4) is 10.6 Å². The van der Waals surface area contributed by atoms with Crippen molar-refractivity contribution >= 4 is 27.5 Å². The largest absolute Gasteiger partial charge is 0.353 e. The molecule has 1 amide bonds. The van der Waals surface area contributed by atoms with E-state index in [0.717, 1.165) is 34.9 Å². The highest BCUT2D eigenvalue weighted by Gasteiger charge is 2.16. The zero-order valence-corrected chi connectivity index (χ0v) is 17.4. The Morgan fingerprint density at radius 2 is 1.93 bits per heavy atom. The average molecular weight is 412 g/mol. The van der Waals surface area contributed by atoms with Crippen molar-refractivity contribution in [1.82, 2.24) is 25.0 Å². The fourth-order valence-corrected chi connectivity index (χ4v) is 4.65. The molecule has 4 rings (SSSR count). The van der Waals surface area contributed by atoms with Crippen LogP contribution in [0.1, 0.15) is 25.0 Å². The molecule has 0 radical (unpaired) electrons. The maximum atomic E-state index is 12.8. The second-order valence-corrected chi connectivity index (χ2v) is 8.36. The number of carbonyl (C=O) groups excluding carboxylic acids is 1. The van der Waals surface area contributed by atoms with Gasteiger partial charge < -0.3 is 10.2 Å². The molecule has 1 fully saturated rings. The van der Waals surface area contributed by atoms with Crippen LogP contribution in [0.5, 0.6) is 0 Å². The third kappa shape index (κ3) is 4.54. The summed E-state index contributed by atoms with van der Waals surface area (Å²) in [7, 11) is 0. The summed E-state index contributed by atoms with van der Waals surface area (Å²) in [5, 5.41) is 8.04. The molecule has 7 nitrogen and oxygen atoms in total. The molecule has 1 N–H and O–H groups in total. The van der Waals surface area contributed by atoms with Crippen LogP contribution in [0, 0.1) is 6.92 Å². The molecule has 1 aromatic carbocycles. The maximum absolute atomic E-state index is 12.8. The standard InChI is InChI=1S/C21H25N5O2S/c1-15-19-18(23-20(29-19)16-8-4-2-5-9-16)21(28)26(24-15)14-17(27)22-10-13-25-11-6-3-7-12-25/h2,4-5,8-9H,3,6-7,10-14H2,1H3,(H,22,27). The van der Waals surface area contributed by atoms with Crippen LogP contribution in [0.25, 0.3) is 20.8 Å². The topological polar surface area (TPSA) is 80.1 Å². The van der Waals surface area contributed by atoms with Crippen LogP contribution in [0.2, 0.25) is 0 Å². The van der Waals surface area contributed by atoms with E-state index in [4.69, 9.17) is 0 Å². The molecular weight excluding hydrogens is 386 g/mol. The Morgan fingerprint density at radius 1 is 1.17 bits per heavy atom.